The first-order valence-electron chi connectivity index (χ1n) is 9.59. The molecule has 3 heterocycles. The molecule has 1 N–H and O–H groups in total. The summed E-state index contributed by atoms with van der Waals surface area (Å²) in [6.07, 6.45) is 15.9. The molecule has 6 nitrogen and oxygen atoms in total. The Morgan fingerprint density at radius 1 is 1.16 bits per heavy atom. The molecule has 0 aromatic carbocycles. The van der Waals surface area contributed by atoms with Crippen molar-refractivity contribution in [1.29, 1.82) is 0 Å². The lowest BCUT2D eigenvalue weighted by Crippen LogP contribution is -2.44. The number of amides is 1. The second-order valence-electron chi connectivity index (χ2n) is 7.43. The van der Waals surface area contributed by atoms with Gasteiger partial charge in [-0.2, -0.15) is 0 Å². The minimum absolute atomic E-state index is 0.00372. The molecule has 134 valence electrons. The predicted molar refractivity (Wildman–Crippen MR) is 96.0 cm³/mol. The van der Waals surface area contributed by atoms with Crippen LogP contribution in [-0.4, -0.2) is 44.3 Å². The van der Waals surface area contributed by atoms with Crippen LogP contribution >= 0.6 is 0 Å². The molecule has 2 aromatic heterocycles. The largest absolute Gasteiger partial charge is 0.354 e. The summed E-state index contributed by atoms with van der Waals surface area (Å²) >= 11 is 0. The molecular formula is C19H27N5O. The molecule has 1 aliphatic heterocycles. The molecule has 4 rings (SSSR count). The van der Waals surface area contributed by atoms with Crippen LogP contribution in [0.4, 0.5) is 0 Å². The lowest BCUT2D eigenvalue weighted by atomic mass is 9.89. The molecule has 6 heteroatoms. The topological polar surface area (TPSA) is 62.5 Å². The van der Waals surface area contributed by atoms with Gasteiger partial charge in [0.2, 0.25) is 5.91 Å². The van der Waals surface area contributed by atoms with E-state index in [2.05, 4.69) is 24.6 Å². The molecule has 0 spiro atoms. The normalized spacial score (nSPS) is 22.5. The second kappa shape index (κ2) is 7.52. The van der Waals surface area contributed by atoms with E-state index in [4.69, 9.17) is 0 Å². The summed E-state index contributed by atoms with van der Waals surface area (Å²) in [7, 11) is 0. The SMILES string of the molecule is O=C(NCC1CCCCC1)[C@H]1CCCN1Cc1cnc2cnccn12. The maximum atomic E-state index is 12.7. The van der Waals surface area contributed by atoms with Crippen LogP contribution in [0.1, 0.15) is 50.6 Å². The first-order chi connectivity index (χ1) is 12.3. The van der Waals surface area contributed by atoms with Crippen LogP contribution in [0.25, 0.3) is 5.65 Å². The van der Waals surface area contributed by atoms with Crippen molar-refractivity contribution in [3.05, 3.63) is 30.5 Å². The summed E-state index contributed by atoms with van der Waals surface area (Å²) < 4.78 is 2.06. The number of imidazole rings is 1. The van der Waals surface area contributed by atoms with Crippen LogP contribution in [0.15, 0.2) is 24.8 Å². The number of aromatic nitrogens is 3. The van der Waals surface area contributed by atoms with Crippen molar-refractivity contribution < 1.29 is 4.79 Å². The average Bonchev–Trinajstić information content (AvgIpc) is 3.28. The summed E-state index contributed by atoms with van der Waals surface area (Å²) in [5.74, 6) is 0.886. The molecule has 2 aliphatic rings. The van der Waals surface area contributed by atoms with Gasteiger partial charge in [-0.1, -0.05) is 19.3 Å². The molecule has 25 heavy (non-hydrogen) atoms. The van der Waals surface area contributed by atoms with E-state index in [1.54, 1.807) is 12.4 Å². The molecule has 0 radical (unpaired) electrons. The van der Waals surface area contributed by atoms with Gasteiger partial charge in [0.05, 0.1) is 24.1 Å². The molecule has 1 atom stereocenters. The van der Waals surface area contributed by atoms with Crippen LogP contribution in [0.3, 0.4) is 0 Å². The minimum atomic E-state index is -0.00372. The Balaban J connectivity index is 1.37. The zero-order valence-electron chi connectivity index (χ0n) is 14.7. The number of likely N-dealkylation sites (tertiary alicyclic amines) is 1. The Hall–Kier alpha value is -1.95. The van der Waals surface area contributed by atoms with E-state index in [1.165, 1.54) is 32.1 Å². The van der Waals surface area contributed by atoms with Crippen molar-refractivity contribution >= 4 is 11.6 Å². The fourth-order valence-electron chi connectivity index (χ4n) is 4.29. The van der Waals surface area contributed by atoms with E-state index in [1.807, 2.05) is 12.4 Å². The number of carbonyl (C=O) groups excluding carboxylic acids is 1. The quantitative estimate of drug-likeness (QED) is 0.907. The van der Waals surface area contributed by atoms with E-state index >= 15 is 0 Å². The Bertz CT molecular complexity index is 721. The van der Waals surface area contributed by atoms with Crippen molar-refractivity contribution in [1.82, 2.24) is 24.6 Å². The molecule has 2 fully saturated rings. The van der Waals surface area contributed by atoms with Gasteiger partial charge in [0.25, 0.3) is 0 Å². The number of hydrogen-bond acceptors (Lipinski definition) is 4. The predicted octanol–water partition coefficient (Wildman–Crippen LogP) is 2.39. The summed E-state index contributed by atoms with van der Waals surface area (Å²) in [6, 6.07) is -0.00372. The molecule has 1 saturated carbocycles. The summed E-state index contributed by atoms with van der Waals surface area (Å²) in [5, 5.41) is 3.23. The molecule has 1 amide bonds. The minimum Gasteiger partial charge on any atom is -0.354 e. The van der Waals surface area contributed by atoms with Gasteiger partial charge in [-0.05, 0) is 38.1 Å². The number of hydrogen-bond donors (Lipinski definition) is 1. The first-order valence-corrected chi connectivity index (χ1v) is 9.59. The van der Waals surface area contributed by atoms with E-state index in [9.17, 15) is 4.79 Å². The fraction of sp³-hybridized carbons (Fsp3) is 0.632. The monoisotopic (exact) mass is 341 g/mol. The van der Waals surface area contributed by atoms with Crippen molar-refractivity contribution in [2.75, 3.05) is 13.1 Å². The lowest BCUT2D eigenvalue weighted by molar-refractivity contribution is -0.125. The molecule has 0 bridgehead atoms. The maximum absolute atomic E-state index is 12.7. The molecule has 2 aromatic rings. The molecular weight excluding hydrogens is 314 g/mol. The summed E-state index contributed by atoms with van der Waals surface area (Å²) in [6.45, 7) is 2.58. The third kappa shape index (κ3) is 3.68. The standard InChI is InChI=1S/C19H27N5O/c25-19(22-11-15-5-2-1-3-6-15)17-7-4-9-23(17)14-16-12-21-18-13-20-8-10-24(16)18/h8,10,12-13,15,17H,1-7,9,11,14H2,(H,22,25)/t17-/m1/s1. The van der Waals surface area contributed by atoms with Gasteiger partial charge < -0.3 is 5.32 Å². The third-order valence-electron chi connectivity index (χ3n) is 5.72. The van der Waals surface area contributed by atoms with Crippen LogP contribution < -0.4 is 5.32 Å². The van der Waals surface area contributed by atoms with E-state index in [-0.39, 0.29) is 11.9 Å². The van der Waals surface area contributed by atoms with E-state index in [0.717, 1.165) is 43.8 Å². The zero-order valence-corrected chi connectivity index (χ0v) is 14.7. The number of fused-ring (bicyclic) bond motifs is 1. The van der Waals surface area contributed by atoms with Crippen LogP contribution in [-0.2, 0) is 11.3 Å². The Morgan fingerprint density at radius 3 is 2.92 bits per heavy atom. The molecule has 1 saturated heterocycles. The highest BCUT2D eigenvalue weighted by Crippen LogP contribution is 2.24. The number of nitrogens with one attached hydrogen (secondary N) is 1. The van der Waals surface area contributed by atoms with Crippen LogP contribution in [0.5, 0.6) is 0 Å². The molecule has 0 unspecified atom stereocenters. The van der Waals surface area contributed by atoms with Gasteiger partial charge in [0.1, 0.15) is 0 Å². The van der Waals surface area contributed by atoms with Gasteiger partial charge in [-0.3, -0.25) is 19.1 Å². The zero-order chi connectivity index (χ0) is 17.1. The third-order valence-corrected chi connectivity index (χ3v) is 5.72. The van der Waals surface area contributed by atoms with Gasteiger partial charge >= 0.3 is 0 Å². The van der Waals surface area contributed by atoms with Gasteiger partial charge in [0.15, 0.2) is 5.65 Å². The summed E-state index contributed by atoms with van der Waals surface area (Å²) in [4.78, 5) is 23.5. The Morgan fingerprint density at radius 2 is 2.04 bits per heavy atom. The Labute approximate surface area is 148 Å². The Kier molecular flexibility index (Phi) is 4.97. The maximum Gasteiger partial charge on any atom is 0.237 e. The van der Waals surface area contributed by atoms with Crippen molar-refractivity contribution in [2.45, 2.75) is 57.5 Å². The number of carbonyl (C=O) groups is 1. The second-order valence-corrected chi connectivity index (χ2v) is 7.43. The smallest absolute Gasteiger partial charge is 0.237 e. The van der Waals surface area contributed by atoms with E-state index in [0.29, 0.717) is 5.92 Å². The van der Waals surface area contributed by atoms with Gasteiger partial charge in [-0.25, -0.2) is 4.98 Å². The summed E-state index contributed by atoms with van der Waals surface area (Å²) in [5.41, 5.74) is 1.97. The number of nitrogens with zero attached hydrogens (tertiary/aromatic N) is 4. The van der Waals surface area contributed by atoms with Crippen molar-refractivity contribution in [2.24, 2.45) is 5.92 Å². The van der Waals surface area contributed by atoms with Crippen molar-refractivity contribution in [3.63, 3.8) is 0 Å². The number of rotatable bonds is 5. The fourth-order valence-corrected chi connectivity index (χ4v) is 4.29. The van der Waals surface area contributed by atoms with Gasteiger partial charge in [-0.15, -0.1) is 0 Å². The van der Waals surface area contributed by atoms with Crippen molar-refractivity contribution in [3.8, 4) is 0 Å². The average molecular weight is 341 g/mol. The van der Waals surface area contributed by atoms with Crippen LogP contribution in [0.2, 0.25) is 0 Å². The van der Waals surface area contributed by atoms with E-state index < -0.39 is 0 Å². The highest BCUT2D eigenvalue weighted by Gasteiger charge is 2.31. The molecule has 1 aliphatic carbocycles. The van der Waals surface area contributed by atoms with Crippen LogP contribution in [0, 0.1) is 5.92 Å². The first kappa shape index (κ1) is 16.5. The lowest BCUT2D eigenvalue weighted by Gasteiger charge is -2.26. The highest BCUT2D eigenvalue weighted by molar-refractivity contribution is 5.82. The highest BCUT2D eigenvalue weighted by atomic mass is 16.2. The van der Waals surface area contributed by atoms with Gasteiger partial charge in [0, 0.05) is 25.5 Å².